The van der Waals surface area contributed by atoms with Crippen molar-refractivity contribution < 1.29 is 17.6 Å². The third-order valence-corrected chi connectivity index (χ3v) is 5.49. The van der Waals surface area contributed by atoms with Crippen LogP contribution >= 0.6 is 23.2 Å². The molecule has 0 amide bonds. The van der Waals surface area contributed by atoms with E-state index in [4.69, 9.17) is 23.2 Å². The number of nitrogens with one attached hydrogen (secondary N) is 1. The lowest BCUT2D eigenvalue weighted by atomic mass is 10.0. The number of rotatable bonds is 5. The summed E-state index contributed by atoms with van der Waals surface area (Å²) in [5.74, 6) is -1.34. The fraction of sp³-hybridized carbons (Fsp3) is 0.263. The van der Waals surface area contributed by atoms with Crippen LogP contribution < -0.4 is 5.32 Å². The Balaban J connectivity index is 1.53. The summed E-state index contributed by atoms with van der Waals surface area (Å²) in [4.78, 5) is 0. The van der Waals surface area contributed by atoms with Gasteiger partial charge in [0.15, 0.2) is 0 Å². The summed E-state index contributed by atoms with van der Waals surface area (Å²) in [6, 6.07) is 7.99. The van der Waals surface area contributed by atoms with E-state index >= 15 is 0 Å². The number of halogens is 6. The molecule has 1 heterocycles. The zero-order valence-electron chi connectivity index (χ0n) is 14.8. The third-order valence-electron chi connectivity index (χ3n) is 4.86. The van der Waals surface area contributed by atoms with Gasteiger partial charge in [0.1, 0.15) is 5.82 Å². The lowest BCUT2D eigenvalue weighted by Crippen LogP contribution is -2.29. The summed E-state index contributed by atoms with van der Waals surface area (Å²) >= 11 is 12.6. The molecular weight excluding hydrogens is 431 g/mol. The topological polar surface area (TPSA) is 42.7 Å². The summed E-state index contributed by atoms with van der Waals surface area (Å²) in [5.41, 5.74) is -0.317. The fourth-order valence-corrected chi connectivity index (χ4v) is 3.99. The van der Waals surface area contributed by atoms with Crippen molar-refractivity contribution in [3.63, 3.8) is 0 Å². The summed E-state index contributed by atoms with van der Waals surface area (Å²) in [7, 11) is 0. The van der Waals surface area contributed by atoms with E-state index in [2.05, 4.69) is 15.6 Å². The monoisotopic (exact) mass is 444 g/mol. The summed E-state index contributed by atoms with van der Waals surface area (Å²) < 4.78 is 53.4. The molecule has 0 radical (unpaired) electrons. The van der Waals surface area contributed by atoms with Crippen molar-refractivity contribution in [1.29, 1.82) is 0 Å². The summed E-state index contributed by atoms with van der Waals surface area (Å²) in [6.45, 7) is 0.314. The molecule has 0 unspecified atom stereocenters. The minimum absolute atomic E-state index is 0.0627. The highest BCUT2D eigenvalue weighted by Crippen LogP contribution is 2.50. The molecule has 0 spiro atoms. The van der Waals surface area contributed by atoms with Crippen LogP contribution in [0.2, 0.25) is 10.0 Å². The van der Waals surface area contributed by atoms with Gasteiger partial charge in [-0.2, -0.15) is 13.2 Å². The molecule has 1 N–H and O–H groups in total. The van der Waals surface area contributed by atoms with Crippen molar-refractivity contribution in [2.45, 2.75) is 31.1 Å². The molecule has 0 saturated heterocycles. The molecule has 29 heavy (non-hydrogen) atoms. The van der Waals surface area contributed by atoms with Gasteiger partial charge >= 0.3 is 6.18 Å². The molecule has 0 bridgehead atoms. The van der Waals surface area contributed by atoms with E-state index in [0.717, 1.165) is 24.5 Å². The lowest BCUT2D eigenvalue weighted by Gasteiger charge is -2.20. The van der Waals surface area contributed by atoms with Crippen molar-refractivity contribution in [3.8, 4) is 5.69 Å². The maximum Gasteiger partial charge on any atom is 0.419 e. The molecule has 4 rings (SSSR count). The molecule has 152 valence electrons. The molecule has 0 aliphatic heterocycles. The molecule has 1 aromatic heterocycles. The van der Waals surface area contributed by atoms with Crippen molar-refractivity contribution in [2.24, 2.45) is 0 Å². The van der Waals surface area contributed by atoms with Crippen LogP contribution in [0.3, 0.4) is 0 Å². The standard InChI is InChI=1S/C19H14Cl2F4N4/c20-14-2-1-3-15(21)17(14)18(6-7-18)26-9-11-10-29(28-27-11)12-4-5-16(22)13(8-12)19(23,24)25/h1-5,8,10,26H,6-7,9H2. The van der Waals surface area contributed by atoms with Gasteiger partial charge < -0.3 is 5.32 Å². The van der Waals surface area contributed by atoms with Gasteiger partial charge in [0.25, 0.3) is 0 Å². The first-order valence-electron chi connectivity index (χ1n) is 8.67. The largest absolute Gasteiger partial charge is 0.419 e. The van der Waals surface area contributed by atoms with Gasteiger partial charge in [0.2, 0.25) is 0 Å². The second-order valence-corrected chi connectivity index (χ2v) is 7.66. The average Bonchev–Trinajstić information content (AvgIpc) is 3.27. The van der Waals surface area contributed by atoms with Crippen LogP contribution in [-0.4, -0.2) is 15.0 Å². The highest BCUT2D eigenvalue weighted by Gasteiger charge is 2.46. The Bertz CT molecular complexity index is 1040. The van der Waals surface area contributed by atoms with E-state index in [1.165, 1.54) is 16.9 Å². The van der Waals surface area contributed by atoms with Crippen molar-refractivity contribution in [1.82, 2.24) is 20.3 Å². The zero-order valence-corrected chi connectivity index (χ0v) is 16.3. The van der Waals surface area contributed by atoms with Crippen LogP contribution in [0.15, 0.2) is 42.6 Å². The molecule has 1 fully saturated rings. The third kappa shape index (κ3) is 3.97. The maximum absolute atomic E-state index is 13.5. The van der Waals surface area contributed by atoms with Crippen LogP contribution in [0, 0.1) is 5.82 Å². The normalized spacial score (nSPS) is 15.5. The fourth-order valence-electron chi connectivity index (χ4n) is 3.23. The van der Waals surface area contributed by atoms with Crippen LogP contribution in [0.25, 0.3) is 5.69 Å². The Morgan fingerprint density at radius 1 is 1.10 bits per heavy atom. The SMILES string of the molecule is Fc1ccc(-n2cc(CNC3(c4c(Cl)cccc4Cl)CC3)nn2)cc1C(F)(F)F. The Hall–Kier alpha value is -2.16. The second kappa shape index (κ2) is 7.27. The van der Waals surface area contributed by atoms with E-state index < -0.39 is 17.6 Å². The van der Waals surface area contributed by atoms with E-state index in [1.54, 1.807) is 18.2 Å². The van der Waals surface area contributed by atoms with Gasteiger partial charge in [0.05, 0.1) is 23.1 Å². The predicted molar refractivity (Wildman–Crippen MR) is 101 cm³/mol. The first kappa shape index (κ1) is 20.1. The van der Waals surface area contributed by atoms with Crippen LogP contribution in [0.1, 0.15) is 29.7 Å². The van der Waals surface area contributed by atoms with Gasteiger partial charge in [-0.15, -0.1) is 5.10 Å². The maximum atomic E-state index is 13.5. The van der Waals surface area contributed by atoms with Crippen LogP contribution in [0.5, 0.6) is 0 Å². The molecule has 2 aromatic carbocycles. The predicted octanol–water partition coefficient (Wildman–Crippen LogP) is 5.51. The van der Waals surface area contributed by atoms with E-state index in [-0.39, 0.29) is 11.2 Å². The first-order chi connectivity index (χ1) is 13.7. The highest BCUT2D eigenvalue weighted by molar-refractivity contribution is 6.36. The van der Waals surface area contributed by atoms with Gasteiger partial charge in [-0.1, -0.05) is 34.5 Å². The number of hydrogen-bond acceptors (Lipinski definition) is 3. The Labute approximate surface area is 173 Å². The van der Waals surface area contributed by atoms with Crippen LogP contribution in [-0.2, 0) is 18.3 Å². The van der Waals surface area contributed by atoms with Crippen molar-refractivity contribution in [2.75, 3.05) is 0 Å². The van der Waals surface area contributed by atoms with Crippen molar-refractivity contribution in [3.05, 3.63) is 75.3 Å². The molecule has 1 aliphatic rings. The summed E-state index contributed by atoms with van der Waals surface area (Å²) in [6.07, 6.45) is -1.61. The van der Waals surface area contributed by atoms with Crippen molar-refractivity contribution >= 4 is 23.2 Å². The number of nitrogens with zero attached hydrogens (tertiary/aromatic N) is 3. The summed E-state index contributed by atoms with van der Waals surface area (Å²) in [5, 5.41) is 12.3. The molecule has 1 saturated carbocycles. The minimum Gasteiger partial charge on any atom is -0.301 e. The number of benzene rings is 2. The quantitative estimate of drug-likeness (QED) is 0.527. The Morgan fingerprint density at radius 2 is 1.79 bits per heavy atom. The zero-order chi connectivity index (χ0) is 20.8. The molecule has 4 nitrogen and oxygen atoms in total. The van der Waals surface area contributed by atoms with E-state index in [0.29, 0.717) is 28.4 Å². The molecule has 1 aliphatic carbocycles. The molecule has 3 aromatic rings. The molecular formula is C19H14Cl2F4N4. The van der Waals surface area contributed by atoms with Gasteiger partial charge in [0, 0.05) is 27.7 Å². The highest BCUT2D eigenvalue weighted by atomic mass is 35.5. The van der Waals surface area contributed by atoms with Gasteiger partial charge in [-0.05, 0) is 43.2 Å². The Morgan fingerprint density at radius 3 is 2.41 bits per heavy atom. The van der Waals surface area contributed by atoms with Crippen LogP contribution in [0.4, 0.5) is 17.6 Å². The number of aromatic nitrogens is 3. The second-order valence-electron chi connectivity index (χ2n) is 6.85. The minimum atomic E-state index is -4.79. The van der Waals surface area contributed by atoms with E-state index in [9.17, 15) is 17.6 Å². The number of alkyl halides is 3. The lowest BCUT2D eigenvalue weighted by molar-refractivity contribution is -0.140. The molecule has 10 heteroatoms. The average molecular weight is 445 g/mol. The van der Waals surface area contributed by atoms with Gasteiger partial charge in [-0.25, -0.2) is 9.07 Å². The van der Waals surface area contributed by atoms with E-state index in [1.807, 2.05) is 0 Å². The van der Waals surface area contributed by atoms with Gasteiger partial charge in [-0.3, -0.25) is 0 Å². The number of hydrogen-bond donors (Lipinski definition) is 1. The Kier molecular flexibility index (Phi) is 5.04. The smallest absolute Gasteiger partial charge is 0.301 e. The molecule has 0 atom stereocenters. The first-order valence-corrected chi connectivity index (χ1v) is 9.43.